The Morgan fingerprint density at radius 1 is 1.25 bits per heavy atom. The normalized spacial score (nSPS) is 24.7. The van der Waals surface area contributed by atoms with Gasteiger partial charge in [-0.15, -0.1) is 0 Å². The minimum atomic E-state index is 0.755. The van der Waals surface area contributed by atoms with Gasteiger partial charge >= 0.3 is 0 Å². The molecule has 2 aliphatic rings. The Morgan fingerprint density at radius 3 is 2.67 bits per heavy atom. The summed E-state index contributed by atoms with van der Waals surface area (Å²) in [4.78, 5) is 1.59. The van der Waals surface area contributed by atoms with Crippen LogP contribution in [0, 0.1) is 17.8 Å². The Labute approximate surface area is 73.9 Å². The van der Waals surface area contributed by atoms with Crippen molar-refractivity contribution in [3.8, 4) is 11.8 Å². The second kappa shape index (κ2) is 3.93. The molecule has 1 heterocycles. The number of nitrogens with one attached hydrogen (secondary N) is 1. The molecule has 0 unspecified atom stereocenters. The molecule has 2 rings (SSSR count). The molecule has 66 valence electrons. The summed E-state index contributed by atoms with van der Waals surface area (Å²) in [6.07, 6.45) is 2.68. The van der Waals surface area contributed by atoms with Gasteiger partial charge in [-0.25, -0.2) is 0 Å². The summed E-state index contributed by atoms with van der Waals surface area (Å²) in [5, 5.41) is 0. The molecule has 1 aliphatic carbocycles. The molecular weight excluding hydrogens is 150 g/mol. The van der Waals surface area contributed by atoms with Crippen molar-refractivity contribution in [1.82, 2.24) is 0 Å². The monoisotopic (exact) mass is 166 g/mol. The maximum atomic E-state index is 5.27. The zero-order chi connectivity index (χ0) is 8.23. The topological polar surface area (TPSA) is 13.7 Å². The molecule has 0 bridgehead atoms. The minimum absolute atomic E-state index is 0.755. The number of rotatable bonds is 1. The number of hydrogen-bond acceptors (Lipinski definition) is 1. The molecule has 0 atom stereocenters. The summed E-state index contributed by atoms with van der Waals surface area (Å²) in [6.45, 7) is 5.14. The van der Waals surface area contributed by atoms with Gasteiger partial charge in [-0.1, -0.05) is 5.92 Å². The van der Waals surface area contributed by atoms with Gasteiger partial charge in [0, 0.05) is 5.92 Å². The molecule has 0 aromatic heterocycles. The average molecular weight is 166 g/mol. The highest BCUT2D eigenvalue weighted by Gasteiger charge is 2.18. The summed E-state index contributed by atoms with van der Waals surface area (Å²) >= 11 is 0. The third kappa shape index (κ3) is 2.51. The van der Waals surface area contributed by atoms with Gasteiger partial charge in [0.05, 0.1) is 13.2 Å². The fourth-order valence-electron chi connectivity index (χ4n) is 1.38. The highest BCUT2D eigenvalue weighted by atomic mass is 16.5. The minimum Gasteiger partial charge on any atom is -0.370 e. The van der Waals surface area contributed by atoms with Gasteiger partial charge in [0.15, 0.2) is 0 Å². The molecule has 1 saturated carbocycles. The maximum Gasteiger partial charge on any atom is 0.139 e. The van der Waals surface area contributed by atoms with Gasteiger partial charge in [0.1, 0.15) is 19.6 Å². The van der Waals surface area contributed by atoms with Crippen LogP contribution in [0.5, 0.6) is 0 Å². The van der Waals surface area contributed by atoms with Crippen LogP contribution in [0.25, 0.3) is 0 Å². The van der Waals surface area contributed by atoms with Crippen LogP contribution in [0.4, 0.5) is 0 Å². The number of morpholine rings is 1. The summed E-state index contributed by atoms with van der Waals surface area (Å²) < 4.78 is 5.27. The molecule has 2 heteroatoms. The average Bonchev–Trinajstić information content (AvgIpc) is 2.90. The van der Waals surface area contributed by atoms with Crippen molar-refractivity contribution in [2.75, 3.05) is 32.8 Å². The predicted molar refractivity (Wildman–Crippen MR) is 46.9 cm³/mol. The smallest absolute Gasteiger partial charge is 0.139 e. The van der Waals surface area contributed by atoms with E-state index >= 15 is 0 Å². The van der Waals surface area contributed by atoms with E-state index < -0.39 is 0 Å². The van der Waals surface area contributed by atoms with E-state index in [4.69, 9.17) is 4.74 Å². The molecule has 0 aromatic carbocycles. The second-order valence-corrected chi connectivity index (χ2v) is 3.63. The Kier molecular flexibility index (Phi) is 2.65. The molecule has 12 heavy (non-hydrogen) atoms. The van der Waals surface area contributed by atoms with Crippen molar-refractivity contribution in [2.45, 2.75) is 12.8 Å². The summed E-state index contributed by atoms with van der Waals surface area (Å²) in [5.74, 6) is 7.32. The predicted octanol–water partition coefficient (Wildman–Crippen LogP) is -0.685. The molecule has 0 spiro atoms. The van der Waals surface area contributed by atoms with Crippen molar-refractivity contribution >= 4 is 0 Å². The molecule has 1 N–H and O–H groups in total. The quantitative estimate of drug-likeness (QED) is 0.509. The Hall–Kier alpha value is -0.520. The van der Waals surface area contributed by atoms with E-state index in [9.17, 15) is 0 Å². The maximum absolute atomic E-state index is 5.27. The van der Waals surface area contributed by atoms with Crippen molar-refractivity contribution in [3.63, 3.8) is 0 Å². The molecule has 0 aromatic rings. The lowest BCUT2D eigenvalue weighted by Crippen LogP contribution is -3.14. The van der Waals surface area contributed by atoms with Gasteiger partial charge in [-0.05, 0) is 18.8 Å². The Bertz CT molecular complexity index is 194. The number of quaternary nitrogens is 1. The molecule has 1 aliphatic heterocycles. The SMILES string of the molecule is C(#CC1CC1)C[NH+]1CCOCC1. The zero-order valence-electron chi connectivity index (χ0n) is 7.44. The lowest BCUT2D eigenvalue weighted by Gasteiger charge is -2.21. The third-order valence-electron chi connectivity index (χ3n) is 2.42. The Morgan fingerprint density at radius 2 is 2.00 bits per heavy atom. The highest BCUT2D eigenvalue weighted by molar-refractivity contribution is 5.08. The first-order chi connectivity index (χ1) is 5.95. The van der Waals surface area contributed by atoms with Crippen LogP contribution in [0.2, 0.25) is 0 Å². The molecular formula is C10H16NO+. The van der Waals surface area contributed by atoms with Gasteiger partial charge in [0.25, 0.3) is 0 Å². The van der Waals surface area contributed by atoms with Crippen LogP contribution in [0.15, 0.2) is 0 Å². The van der Waals surface area contributed by atoms with Gasteiger partial charge in [-0.3, -0.25) is 0 Å². The fraction of sp³-hybridized carbons (Fsp3) is 0.800. The van der Waals surface area contributed by atoms with Crippen LogP contribution in [0.1, 0.15) is 12.8 Å². The lowest BCUT2D eigenvalue weighted by atomic mass is 10.4. The lowest BCUT2D eigenvalue weighted by molar-refractivity contribution is -0.900. The molecule has 2 fully saturated rings. The zero-order valence-corrected chi connectivity index (χ0v) is 7.44. The van der Waals surface area contributed by atoms with Crippen molar-refractivity contribution in [3.05, 3.63) is 0 Å². The molecule has 0 radical (unpaired) electrons. The standard InChI is InChI=1S/C10H15NO/c1(2-10-3-4-10)5-11-6-8-12-9-7-11/h10H,3-9H2/p+1. The van der Waals surface area contributed by atoms with Crippen LogP contribution in [-0.4, -0.2) is 32.8 Å². The number of ether oxygens (including phenoxy) is 1. The van der Waals surface area contributed by atoms with E-state index in [0.717, 1.165) is 38.8 Å². The summed E-state index contributed by atoms with van der Waals surface area (Å²) in [6, 6.07) is 0. The van der Waals surface area contributed by atoms with Crippen LogP contribution >= 0.6 is 0 Å². The first-order valence-corrected chi connectivity index (χ1v) is 4.85. The van der Waals surface area contributed by atoms with E-state index in [-0.39, 0.29) is 0 Å². The van der Waals surface area contributed by atoms with Crippen molar-refractivity contribution < 1.29 is 9.64 Å². The number of hydrogen-bond donors (Lipinski definition) is 1. The molecule has 0 amide bonds. The van der Waals surface area contributed by atoms with Gasteiger partial charge in [-0.2, -0.15) is 0 Å². The van der Waals surface area contributed by atoms with Crippen molar-refractivity contribution in [1.29, 1.82) is 0 Å². The Balaban J connectivity index is 1.67. The van der Waals surface area contributed by atoms with Crippen LogP contribution in [0.3, 0.4) is 0 Å². The van der Waals surface area contributed by atoms with Crippen molar-refractivity contribution in [2.24, 2.45) is 5.92 Å². The van der Waals surface area contributed by atoms with Gasteiger partial charge < -0.3 is 9.64 Å². The molecule has 1 saturated heterocycles. The fourth-order valence-corrected chi connectivity index (χ4v) is 1.38. The highest BCUT2D eigenvalue weighted by Crippen LogP contribution is 2.27. The van der Waals surface area contributed by atoms with E-state index in [2.05, 4.69) is 11.8 Å². The first kappa shape index (κ1) is 8.10. The molecule has 2 nitrogen and oxygen atoms in total. The van der Waals surface area contributed by atoms with E-state index in [0.29, 0.717) is 0 Å². The van der Waals surface area contributed by atoms with E-state index in [1.165, 1.54) is 12.8 Å². The second-order valence-electron chi connectivity index (χ2n) is 3.63. The van der Waals surface area contributed by atoms with Crippen LogP contribution in [-0.2, 0) is 4.74 Å². The third-order valence-corrected chi connectivity index (χ3v) is 2.42. The van der Waals surface area contributed by atoms with E-state index in [1.54, 1.807) is 4.90 Å². The summed E-state index contributed by atoms with van der Waals surface area (Å²) in [5.41, 5.74) is 0. The largest absolute Gasteiger partial charge is 0.370 e. The summed E-state index contributed by atoms with van der Waals surface area (Å²) in [7, 11) is 0. The van der Waals surface area contributed by atoms with Crippen LogP contribution < -0.4 is 4.90 Å². The van der Waals surface area contributed by atoms with Gasteiger partial charge in [0.2, 0.25) is 0 Å². The first-order valence-electron chi connectivity index (χ1n) is 4.85. The van der Waals surface area contributed by atoms with E-state index in [1.807, 2.05) is 0 Å².